The van der Waals surface area contributed by atoms with Gasteiger partial charge in [0, 0.05) is 12.4 Å². The summed E-state index contributed by atoms with van der Waals surface area (Å²) in [5, 5.41) is 0. The van der Waals surface area contributed by atoms with Crippen LogP contribution in [-0.4, -0.2) is 29.9 Å². The molecule has 0 aliphatic carbocycles. The highest BCUT2D eigenvalue weighted by molar-refractivity contribution is 5.76. The molecule has 0 fully saturated rings. The lowest BCUT2D eigenvalue weighted by Gasteiger charge is -2.01. The second kappa shape index (κ2) is 4.27. The van der Waals surface area contributed by atoms with Crippen molar-refractivity contribution in [3.8, 4) is 11.6 Å². The summed E-state index contributed by atoms with van der Waals surface area (Å²) in [6, 6.07) is 7.45. The normalized spacial score (nSPS) is 11.0. The van der Waals surface area contributed by atoms with Crippen LogP contribution < -0.4 is 0 Å². The van der Waals surface area contributed by atoms with Gasteiger partial charge < -0.3 is 0 Å². The van der Waals surface area contributed by atoms with E-state index in [0.717, 1.165) is 22.1 Å². The third-order valence-electron chi connectivity index (χ3n) is 2.90. The number of hydrogen-bond donors (Lipinski definition) is 0. The Bertz CT molecular complexity index is 844. The molecule has 0 saturated carbocycles. The highest BCUT2D eigenvalue weighted by Gasteiger charge is 2.07. The van der Waals surface area contributed by atoms with Gasteiger partial charge in [0.05, 0.1) is 23.4 Å². The number of nitrogens with zero attached hydrogens (tertiary/aromatic N) is 6. The van der Waals surface area contributed by atoms with Crippen molar-refractivity contribution in [2.75, 3.05) is 0 Å². The van der Waals surface area contributed by atoms with Crippen LogP contribution >= 0.6 is 0 Å². The molecule has 0 spiro atoms. The van der Waals surface area contributed by atoms with Gasteiger partial charge in [0.25, 0.3) is 0 Å². The molecule has 6 nitrogen and oxygen atoms in total. The number of aromatic nitrogens is 6. The monoisotopic (exact) mass is 260 g/mol. The van der Waals surface area contributed by atoms with E-state index in [2.05, 4.69) is 29.9 Å². The van der Waals surface area contributed by atoms with Gasteiger partial charge in [-0.2, -0.15) is 0 Å². The van der Waals surface area contributed by atoms with Gasteiger partial charge in [0.2, 0.25) is 0 Å². The summed E-state index contributed by atoms with van der Waals surface area (Å²) in [6.07, 6.45) is 6.77. The molecule has 20 heavy (non-hydrogen) atoms. The highest BCUT2D eigenvalue weighted by Crippen LogP contribution is 2.15. The lowest BCUT2D eigenvalue weighted by atomic mass is 10.3. The Morgan fingerprint density at radius 1 is 0.550 bits per heavy atom. The molecule has 0 aliphatic heterocycles. The van der Waals surface area contributed by atoms with Gasteiger partial charge in [-0.1, -0.05) is 0 Å². The Kier molecular flexibility index (Phi) is 2.32. The van der Waals surface area contributed by atoms with Crippen molar-refractivity contribution < 1.29 is 0 Å². The van der Waals surface area contributed by atoms with Crippen LogP contribution in [0.1, 0.15) is 0 Å². The molecule has 0 radical (unpaired) electrons. The predicted molar refractivity (Wildman–Crippen MR) is 73.7 cm³/mol. The molecule has 4 aromatic rings. The van der Waals surface area contributed by atoms with Crippen LogP contribution in [0, 0.1) is 0 Å². The fraction of sp³-hybridized carbons (Fsp3) is 0. The minimum Gasteiger partial charge on any atom is -0.253 e. The molecular formula is C14H8N6. The fourth-order valence-electron chi connectivity index (χ4n) is 1.95. The van der Waals surface area contributed by atoms with Crippen molar-refractivity contribution >= 4 is 22.1 Å². The van der Waals surface area contributed by atoms with E-state index < -0.39 is 0 Å². The van der Waals surface area contributed by atoms with Crippen LogP contribution in [0.15, 0.2) is 49.1 Å². The largest absolute Gasteiger partial charge is 0.253 e. The number of fused-ring (bicyclic) bond motifs is 2. The first-order valence-electron chi connectivity index (χ1n) is 6.06. The van der Waals surface area contributed by atoms with Crippen molar-refractivity contribution in [1.82, 2.24) is 29.9 Å². The minimum absolute atomic E-state index is 0.483. The van der Waals surface area contributed by atoms with E-state index in [9.17, 15) is 0 Å². The first-order chi connectivity index (χ1) is 9.90. The molecule has 4 aromatic heterocycles. The summed E-state index contributed by atoms with van der Waals surface area (Å²) in [5.41, 5.74) is 3.04. The van der Waals surface area contributed by atoms with E-state index in [0.29, 0.717) is 11.6 Å². The maximum absolute atomic E-state index is 4.43. The molecule has 6 heteroatoms. The average molecular weight is 260 g/mol. The first kappa shape index (κ1) is 10.9. The second-order valence-corrected chi connectivity index (χ2v) is 4.20. The van der Waals surface area contributed by atoms with Gasteiger partial charge in [-0.25, -0.2) is 19.9 Å². The molecule has 4 rings (SSSR count). The predicted octanol–water partition coefficient (Wildman–Crippen LogP) is 2.03. The van der Waals surface area contributed by atoms with Gasteiger partial charge in [-0.3, -0.25) is 9.97 Å². The Morgan fingerprint density at radius 2 is 1.05 bits per heavy atom. The van der Waals surface area contributed by atoms with Crippen LogP contribution in [0.4, 0.5) is 0 Å². The fourth-order valence-corrected chi connectivity index (χ4v) is 1.95. The summed E-state index contributed by atoms with van der Waals surface area (Å²) in [5.74, 6) is 0.965. The molecule has 0 unspecified atom stereocenters. The van der Waals surface area contributed by atoms with Crippen LogP contribution in [0.2, 0.25) is 0 Å². The van der Waals surface area contributed by atoms with Crippen LogP contribution in [-0.2, 0) is 0 Å². The van der Waals surface area contributed by atoms with Crippen LogP contribution in [0.25, 0.3) is 33.7 Å². The highest BCUT2D eigenvalue weighted by atomic mass is 15.0. The van der Waals surface area contributed by atoms with Gasteiger partial charge in [0.15, 0.2) is 11.6 Å². The second-order valence-electron chi connectivity index (χ2n) is 4.20. The van der Waals surface area contributed by atoms with Gasteiger partial charge in [0.1, 0.15) is 11.0 Å². The van der Waals surface area contributed by atoms with Gasteiger partial charge >= 0.3 is 0 Å². The van der Waals surface area contributed by atoms with E-state index in [-0.39, 0.29) is 0 Å². The SMILES string of the molecule is c1cnc2cnc(-c3ncc4ncccc4n3)nc2c1. The smallest absolute Gasteiger partial charge is 0.198 e. The number of hydrogen-bond acceptors (Lipinski definition) is 6. The lowest BCUT2D eigenvalue weighted by Crippen LogP contribution is -1.97. The summed E-state index contributed by atoms with van der Waals surface area (Å²) < 4.78 is 0. The minimum atomic E-state index is 0.483. The van der Waals surface area contributed by atoms with Gasteiger partial charge in [-0.15, -0.1) is 0 Å². The van der Waals surface area contributed by atoms with Crippen LogP contribution in [0.5, 0.6) is 0 Å². The lowest BCUT2D eigenvalue weighted by molar-refractivity contribution is 1.11. The molecule has 0 amide bonds. The van der Waals surface area contributed by atoms with Crippen molar-refractivity contribution in [1.29, 1.82) is 0 Å². The zero-order valence-electron chi connectivity index (χ0n) is 10.3. The van der Waals surface area contributed by atoms with E-state index in [4.69, 9.17) is 0 Å². The molecule has 0 N–H and O–H groups in total. The van der Waals surface area contributed by atoms with Crippen molar-refractivity contribution in [2.45, 2.75) is 0 Å². The van der Waals surface area contributed by atoms with E-state index >= 15 is 0 Å². The Hall–Kier alpha value is -3.02. The summed E-state index contributed by atoms with van der Waals surface area (Å²) in [6.45, 7) is 0. The number of pyridine rings is 2. The van der Waals surface area contributed by atoms with E-state index in [1.165, 1.54) is 0 Å². The van der Waals surface area contributed by atoms with Crippen LogP contribution in [0.3, 0.4) is 0 Å². The summed E-state index contributed by atoms with van der Waals surface area (Å²) in [4.78, 5) is 25.8. The summed E-state index contributed by atoms with van der Waals surface area (Å²) in [7, 11) is 0. The zero-order chi connectivity index (χ0) is 13.4. The maximum atomic E-state index is 4.43. The molecule has 0 aromatic carbocycles. The molecular weight excluding hydrogens is 252 g/mol. The molecule has 4 heterocycles. The molecule has 0 saturated heterocycles. The Morgan fingerprint density at radius 3 is 1.55 bits per heavy atom. The quantitative estimate of drug-likeness (QED) is 0.521. The summed E-state index contributed by atoms with van der Waals surface area (Å²) >= 11 is 0. The van der Waals surface area contributed by atoms with E-state index in [1.807, 2.05) is 24.3 Å². The molecule has 0 bridgehead atoms. The Balaban J connectivity index is 1.91. The average Bonchev–Trinajstić information content (AvgIpc) is 2.54. The maximum Gasteiger partial charge on any atom is 0.198 e. The van der Waals surface area contributed by atoms with Crippen molar-refractivity contribution in [2.24, 2.45) is 0 Å². The topological polar surface area (TPSA) is 77.3 Å². The van der Waals surface area contributed by atoms with E-state index in [1.54, 1.807) is 24.8 Å². The standard InChI is InChI=1S/C14H8N6/c1-3-9-11(15-5-1)7-17-13(19-9)14-18-8-12-10(20-14)4-2-6-16-12/h1-8H. The third kappa shape index (κ3) is 1.74. The van der Waals surface area contributed by atoms with Crippen molar-refractivity contribution in [3.63, 3.8) is 0 Å². The molecule has 94 valence electrons. The molecule has 0 atom stereocenters. The number of rotatable bonds is 1. The first-order valence-corrected chi connectivity index (χ1v) is 6.06. The van der Waals surface area contributed by atoms with Gasteiger partial charge in [-0.05, 0) is 24.3 Å². The third-order valence-corrected chi connectivity index (χ3v) is 2.90. The molecule has 0 aliphatic rings. The zero-order valence-corrected chi connectivity index (χ0v) is 10.3. The Labute approximate surface area is 113 Å². The van der Waals surface area contributed by atoms with Crippen molar-refractivity contribution in [3.05, 3.63) is 49.1 Å².